The van der Waals surface area contributed by atoms with E-state index in [2.05, 4.69) is 20.6 Å². The molecule has 4 rings (SSSR count). The molecule has 0 bridgehead atoms. The molecule has 2 N–H and O–H groups in total. The number of imidazole rings is 1. The molecule has 0 aliphatic carbocycles. The van der Waals surface area contributed by atoms with E-state index in [9.17, 15) is 4.79 Å². The molecule has 0 aliphatic rings. The van der Waals surface area contributed by atoms with Crippen LogP contribution in [0.5, 0.6) is 5.75 Å². The molecule has 0 spiro atoms. The second-order valence-corrected chi connectivity index (χ2v) is 6.19. The molecular formula is C18H15N5O2S. The van der Waals surface area contributed by atoms with Gasteiger partial charge >= 0.3 is 6.03 Å². The highest BCUT2D eigenvalue weighted by atomic mass is 32.1. The first kappa shape index (κ1) is 16.1. The van der Waals surface area contributed by atoms with E-state index < -0.39 is 0 Å². The van der Waals surface area contributed by atoms with Crippen LogP contribution in [0.25, 0.3) is 16.9 Å². The fourth-order valence-electron chi connectivity index (χ4n) is 2.57. The molecule has 2 aromatic heterocycles. The second kappa shape index (κ2) is 6.85. The predicted octanol–water partition coefficient (Wildman–Crippen LogP) is 4.13. The van der Waals surface area contributed by atoms with E-state index in [1.807, 2.05) is 28.1 Å². The lowest BCUT2D eigenvalue weighted by molar-refractivity contribution is 0.262. The number of rotatable bonds is 4. The molecule has 7 nitrogen and oxygen atoms in total. The van der Waals surface area contributed by atoms with E-state index in [1.165, 1.54) is 11.3 Å². The number of aromatic nitrogens is 3. The van der Waals surface area contributed by atoms with Gasteiger partial charge in [-0.1, -0.05) is 0 Å². The number of nitrogens with zero attached hydrogens (tertiary/aromatic N) is 3. The number of benzene rings is 2. The minimum absolute atomic E-state index is 0.326. The molecule has 0 radical (unpaired) electrons. The molecule has 2 amide bonds. The Labute approximate surface area is 153 Å². The first-order valence-electron chi connectivity index (χ1n) is 7.81. The third-order valence-electron chi connectivity index (χ3n) is 3.82. The lowest BCUT2D eigenvalue weighted by Gasteiger charge is -2.08. The van der Waals surface area contributed by atoms with Crippen molar-refractivity contribution in [3.8, 4) is 11.6 Å². The van der Waals surface area contributed by atoms with Crippen molar-refractivity contribution in [2.24, 2.45) is 0 Å². The number of ether oxygens (including phenoxy) is 1. The van der Waals surface area contributed by atoms with E-state index >= 15 is 0 Å². The van der Waals surface area contributed by atoms with Crippen LogP contribution in [0.15, 0.2) is 59.7 Å². The first-order chi connectivity index (χ1) is 12.7. The Balaban J connectivity index is 1.49. The number of anilines is 2. The molecule has 0 saturated heterocycles. The second-order valence-electron chi connectivity index (χ2n) is 5.47. The SMILES string of the molecule is COc1ccc(NC(=O)Nc2ccc3c(c2)ncn3-c2cscn2)cc1. The highest BCUT2D eigenvalue weighted by Crippen LogP contribution is 2.22. The Bertz CT molecular complexity index is 1040. The maximum absolute atomic E-state index is 12.2. The smallest absolute Gasteiger partial charge is 0.323 e. The van der Waals surface area contributed by atoms with Crippen LogP contribution in [-0.4, -0.2) is 27.7 Å². The standard InChI is InChI=1S/C18H15N5O2S/c1-25-14-5-2-12(3-6-14)21-18(24)22-13-4-7-16-15(8-13)19-10-23(16)17-9-26-11-20-17/h2-11H,1H3,(H2,21,22,24). The van der Waals surface area contributed by atoms with Gasteiger partial charge in [-0.05, 0) is 42.5 Å². The van der Waals surface area contributed by atoms with E-state index in [0.717, 1.165) is 22.6 Å². The molecule has 0 atom stereocenters. The topological polar surface area (TPSA) is 81.1 Å². The lowest BCUT2D eigenvalue weighted by atomic mass is 10.2. The van der Waals surface area contributed by atoms with Crippen molar-refractivity contribution in [2.75, 3.05) is 17.7 Å². The number of carbonyl (C=O) groups excluding carboxylic acids is 1. The van der Waals surface area contributed by atoms with Crippen LogP contribution in [-0.2, 0) is 0 Å². The van der Waals surface area contributed by atoms with E-state index in [1.54, 1.807) is 43.2 Å². The van der Waals surface area contributed by atoms with Crippen LogP contribution in [0.3, 0.4) is 0 Å². The number of methoxy groups -OCH3 is 1. The van der Waals surface area contributed by atoms with Crippen molar-refractivity contribution in [3.63, 3.8) is 0 Å². The van der Waals surface area contributed by atoms with Gasteiger partial charge in [0.2, 0.25) is 0 Å². The van der Waals surface area contributed by atoms with Crippen molar-refractivity contribution in [1.29, 1.82) is 0 Å². The van der Waals surface area contributed by atoms with Crippen LogP contribution in [0.1, 0.15) is 0 Å². The van der Waals surface area contributed by atoms with Gasteiger partial charge in [0.25, 0.3) is 0 Å². The number of urea groups is 1. The fraction of sp³-hybridized carbons (Fsp3) is 0.0556. The van der Waals surface area contributed by atoms with Gasteiger partial charge in [0, 0.05) is 16.8 Å². The number of hydrogen-bond donors (Lipinski definition) is 2. The quantitative estimate of drug-likeness (QED) is 0.570. The Hall–Kier alpha value is -3.39. The van der Waals surface area contributed by atoms with E-state index in [4.69, 9.17) is 4.74 Å². The van der Waals surface area contributed by atoms with Crippen LogP contribution in [0.4, 0.5) is 16.2 Å². The average molecular weight is 365 g/mol. The number of fused-ring (bicyclic) bond motifs is 1. The van der Waals surface area contributed by atoms with Crippen molar-refractivity contribution in [2.45, 2.75) is 0 Å². The van der Waals surface area contributed by atoms with Gasteiger partial charge in [-0.3, -0.25) is 4.57 Å². The van der Waals surface area contributed by atoms with Crippen molar-refractivity contribution in [1.82, 2.24) is 14.5 Å². The Morgan fingerprint density at radius 1 is 1.08 bits per heavy atom. The number of thiazole rings is 1. The summed E-state index contributed by atoms with van der Waals surface area (Å²) in [6.07, 6.45) is 1.72. The monoisotopic (exact) mass is 365 g/mol. The van der Waals surface area contributed by atoms with Crippen LogP contribution in [0.2, 0.25) is 0 Å². The summed E-state index contributed by atoms with van der Waals surface area (Å²) in [5.74, 6) is 1.56. The fourth-order valence-corrected chi connectivity index (χ4v) is 3.09. The Kier molecular flexibility index (Phi) is 4.24. The van der Waals surface area contributed by atoms with Crippen molar-refractivity contribution >= 4 is 39.8 Å². The van der Waals surface area contributed by atoms with Gasteiger partial charge in [0.05, 0.1) is 23.7 Å². The zero-order valence-corrected chi connectivity index (χ0v) is 14.7. The molecule has 0 unspecified atom stereocenters. The number of amides is 2. The summed E-state index contributed by atoms with van der Waals surface area (Å²) in [4.78, 5) is 20.9. The summed E-state index contributed by atoms with van der Waals surface area (Å²) >= 11 is 1.53. The molecule has 0 fully saturated rings. The largest absolute Gasteiger partial charge is 0.497 e. The Morgan fingerprint density at radius 2 is 1.85 bits per heavy atom. The number of nitrogens with one attached hydrogen (secondary N) is 2. The summed E-state index contributed by atoms with van der Waals surface area (Å²) in [5.41, 5.74) is 4.82. The summed E-state index contributed by atoms with van der Waals surface area (Å²) in [5, 5.41) is 7.54. The maximum atomic E-state index is 12.2. The molecule has 130 valence electrons. The number of carbonyl (C=O) groups is 1. The van der Waals surface area contributed by atoms with Crippen LogP contribution < -0.4 is 15.4 Å². The van der Waals surface area contributed by atoms with Crippen LogP contribution >= 0.6 is 11.3 Å². The van der Waals surface area contributed by atoms with Crippen molar-refractivity contribution < 1.29 is 9.53 Å². The summed E-state index contributed by atoms with van der Waals surface area (Å²) in [7, 11) is 1.60. The molecule has 0 aliphatic heterocycles. The summed E-state index contributed by atoms with van der Waals surface area (Å²) in [6, 6.07) is 12.4. The molecule has 26 heavy (non-hydrogen) atoms. The van der Waals surface area contributed by atoms with E-state index in [-0.39, 0.29) is 6.03 Å². The maximum Gasteiger partial charge on any atom is 0.323 e. The highest BCUT2D eigenvalue weighted by Gasteiger charge is 2.08. The minimum atomic E-state index is -0.326. The average Bonchev–Trinajstić information content (AvgIpc) is 3.31. The highest BCUT2D eigenvalue weighted by molar-refractivity contribution is 7.07. The Morgan fingerprint density at radius 3 is 2.58 bits per heavy atom. The predicted molar refractivity (Wildman–Crippen MR) is 102 cm³/mol. The molecule has 2 aromatic carbocycles. The molecule has 8 heteroatoms. The normalized spacial score (nSPS) is 10.7. The first-order valence-corrected chi connectivity index (χ1v) is 8.75. The zero-order valence-electron chi connectivity index (χ0n) is 13.8. The summed E-state index contributed by atoms with van der Waals surface area (Å²) < 4.78 is 7.01. The third kappa shape index (κ3) is 3.22. The molecular weight excluding hydrogens is 350 g/mol. The zero-order chi connectivity index (χ0) is 17.9. The third-order valence-corrected chi connectivity index (χ3v) is 4.39. The number of hydrogen-bond acceptors (Lipinski definition) is 5. The van der Waals surface area contributed by atoms with Crippen molar-refractivity contribution in [3.05, 3.63) is 59.7 Å². The molecule has 0 saturated carbocycles. The van der Waals surface area contributed by atoms with Gasteiger partial charge < -0.3 is 15.4 Å². The van der Waals surface area contributed by atoms with Gasteiger partial charge in [-0.15, -0.1) is 11.3 Å². The lowest BCUT2D eigenvalue weighted by Crippen LogP contribution is -2.19. The molecule has 2 heterocycles. The van der Waals surface area contributed by atoms with Gasteiger partial charge in [0.1, 0.15) is 17.9 Å². The van der Waals surface area contributed by atoms with Gasteiger partial charge in [0.15, 0.2) is 0 Å². The summed E-state index contributed by atoms with van der Waals surface area (Å²) in [6.45, 7) is 0. The van der Waals surface area contributed by atoms with Gasteiger partial charge in [-0.25, -0.2) is 14.8 Å². The molecule has 4 aromatic rings. The van der Waals surface area contributed by atoms with Crippen LogP contribution in [0, 0.1) is 0 Å². The van der Waals surface area contributed by atoms with E-state index in [0.29, 0.717) is 11.4 Å². The minimum Gasteiger partial charge on any atom is -0.497 e. The van der Waals surface area contributed by atoms with Gasteiger partial charge in [-0.2, -0.15) is 0 Å².